The summed E-state index contributed by atoms with van der Waals surface area (Å²) in [5.74, 6) is 2.26. The van der Waals surface area contributed by atoms with E-state index in [4.69, 9.17) is 0 Å². The Labute approximate surface area is 103 Å². The summed E-state index contributed by atoms with van der Waals surface area (Å²) < 4.78 is 0. The van der Waals surface area contributed by atoms with Gasteiger partial charge in [-0.3, -0.25) is 5.32 Å². The Balaban J connectivity index is 2.04. The summed E-state index contributed by atoms with van der Waals surface area (Å²) in [6.07, 6.45) is 2.22. The highest BCUT2D eigenvalue weighted by atomic mass is 15.2. The second kappa shape index (κ2) is 3.45. The Morgan fingerprint density at radius 1 is 1.29 bits per heavy atom. The minimum atomic E-state index is 0.310. The minimum absolute atomic E-state index is 0.310. The van der Waals surface area contributed by atoms with Crippen LogP contribution in [0.15, 0.2) is 18.3 Å². The molecule has 2 aliphatic heterocycles. The Morgan fingerprint density at radius 2 is 2.06 bits per heavy atom. The number of nitrogens with one attached hydrogen (secondary N) is 2. The maximum atomic E-state index is 4.43. The summed E-state index contributed by atoms with van der Waals surface area (Å²) in [4.78, 5) is 4.43. The predicted molar refractivity (Wildman–Crippen MR) is 69.9 cm³/mol. The van der Waals surface area contributed by atoms with Crippen molar-refractivity contribution in [2.75, 3.05) is 5.32 Å². The molecule has 2 aliphatic rings. The van der Waals surface area contributed by atoms with Gasteiger partial charge in [0.2, 0.25) is 0 Å². The number of nitrogens with zero attached hydrogens (tertiary/aromatic N) is 1. The van der Waals surface area contributed by atoms with Crippen molar-refractivity contribution in [1.29, 1.82) is 0 Å². The molecule has 0 radical (unpaired) electrons. The number of pyridine rings is 1. The number of aromatic nitrogens is 1. The second-order valence-electron chi connectivity index (χ2n) is 6.44. The zero-order valence-corrected chi connectivity index (χ0v) is 11.0. The summed E-state index contributed by atoms with van der Waals surface area (Å²) in [6.45, 7) is 9.32. The molecule has 4 atom stereocenters. The lowest BCUT2D eigenvalue weighted by molar-refractivity contribution is 0.205. The van der Waals surface area contributed by atoms with Gasteiger partial charge in [0.05, 0.1) is 6.17 Å². The van der Waals surface area contributed by atoms with Crippen molar-refractivity contribution in [1.82, 2.24) is 10.3 Å². The van der Waals surface area contributed by atoms with Crippen LogP contribution in [0.1, 0.15) is 39.2 Å². The molecule has 2 N–H and O–H groups in total. The zero-order chi connectivity index (χ0) is 12.2. The fourth-order valence-electron chi connectivity index (χ4n) is 3.76. The molecule has 0 amide bonds. The molecule has 1 fully saturated rings. The Kier molecular flexibility index (Phi) is 2.24. The van der Waals surface area contributed by atoms with Crippen LogP contribution in [0.5, 0.6) is 0 Å². The molecule has 3 heteroatoms. The van der Waals surface area contributed by atoms with Gasteiger partial charge in [0.25, 0.3) is 0 Å². The van der Waals surface area contributed by atoms with Crippen molar-refractivity contribution >= 4 is 5.82 Å². The first-order valence-electron chi connectivity index (χ1n) is 6.46. The van der Waals surface area contributed by atoms with Crippen molar-refractivity contribution in [3.05, 3.63) is 23.9 Å². The highest BCUT2D eigenvalue weighted by Gasteiger charge is 2.50. The Bertz CT molecular complexity index is 435. The first kappa shape index (κ1) is 11.0. The molecule has 0 spiro atoms. The van der Waals surface area contributed by atoms with E-state index in [1.807, 2.05) is 12.3 Å². The summed E-state index contributed by atoms with van der Waals surface area (Å²) in [6, 6.07) is 4.82. The molecule has 0 aliphatic carbocycles. The summed E-state index contributed by atoms with van der Waals surface area (Å²) >= 11 is 0. The fourth-order valence-corrected chi connectivity index (χ4v) is 3.76. The van der Waals surface area contributed by atoms with Crippen LogP contribution in [0, 0.1) is 11.3 Å². The maximum Gasteiger partial charge on any atom is 0.130 e. The van der Waals surface area contributed by atoms with Gasteiger partial charge in [-0.25, -0.2) is 4.98 Å². The van der Waals surface area contributed by atoms with E-state index < -0.39 is 0 Å². The van der Waals surface area contributed by atoms with Gasteiger partial charge in [0, 0.05) is 23.7 Å². The molecule has 0 aromatic carbocycles. The van der Waals surface area contributed by atoms with Crippen LogP contribution in [0.3, 0.4) is 0 Å². The topological polar surface area (TPSA) is 37.0 Å². The lowest BCUT2D eigenvalue weighted by Gasteiger charge is -2.34. The van der Waals surface area contributed by atoms with Gasteiger partial charge in [-0.2, -0.15) is 0 Å². The largest absolute Gasteiger partial charge is 0.354 e. The summed E-state index contributed by atoms with van der Waals surface area (Å²) in [5.41, 5.74) is 1.69. The highest BCUT2D eigenvalue weighted by molar-refractivity contribution is 5.55. The van der Waals surface area contributed by atoms with Crippen molar-refractivity contribution in [2.45, 2.75) is 45.8 Å². The van der Waals surface area contributed by atoms with Crippen LogP contribution in [-0.4, -0.2) is 17.2 Å². The van der Waals surface area contributed by atoms with E-state index >= 15 is 0 Å². The number of fused-ring (bicyclic) bond motifs is 3. The molecule has 1 saturated heterocycles. The van der Waals surface area contributed by atoms with Crippen molar-refractivity contribution in [3.8, 4) is 0 Å². The van der Waals surface area contributed by atoms with Gasteiger partial charge < -0.3 is 5.32 Å². The Hall–Kier alpha value is -1.09. The molecule has 0 bridgehead atoms. The smallest absolute Gasteiger partial charge is 0.130 e. The third-order valence-corrected chi connectivity index (χ3v) is 4.22. The molecule has 1 aromatic heterocycles. The maximum absolute atomic E-state index is 4.43. The van der Waals surface area contributed by atoms with Gasteiger partial charge in [-0.1, -0.05) is 26.8 Å². The molecule has 92 valence electrons. The average molecular weight is 231 g/mol. The Morgan fingerprint density at radius 3 is 2.76 bits per heavy atom. The SMILES string of the molecule is CC1NC2Nc3ncccc3C2C1C(C)(C)C. The van der Waals surface area contributed by atoms with Crippen LogP contribution < -0.4 is 10.6 Å². The number of hydrogen-bond acceptors (Lipinski definition) is 3. The van der Waals surface area contributed by atoms with E-state index in [1.54, 1.807) is 0 Å². The molecule has 3 heterocycles. The zero-order valence-electron chi connectivity index (χ0n) is 11.0. The van der Waals surface area contributed by atoms with Gasteiger partial charge >= 0.3 is 0 Å². The van der Waals surface area contributed by atoms with Gasteiger partial charge in [-0.15, -0.1) is 0 Å². The third-order valence-electron chi connectivity index (χ3n) is 4.22. The molecule has 3 nitrogen and oxygen atoms in total. The van der Waals surface area contributed by atoms with Crippen molar-refractivity contribution in [3.63, 3.8) is 0 Å². The van der Waals surface area contributed by atoms with Gasteiger partial charge in [-0.05, 0) is 24.3 Å². The van der Waals surface area contributed by atoms with E-state index in [2.05, 4.69) is 49.4 Å². The third kappa shape index (κ3) is 1.56. The quantitative estimate of drug-likeness (QED) is 0.720. The van der Waals surface area contributed by atoms with E-state index in [-0.39, 0.29) is 0 Å². The van der Waals surface area contributed by atoms with Crippen LogP contribution in [-0.2, 0) is 0 Å². The number of anilines is 1. The van der Waals surface area contributed by atoms with E-state index in [0.29, 0.717) is 29.5 Å². The average Bonchev–Trinajstić information content (AvgIpc) is 2.70. The molecule has 4 unspecified atom stereocenters. The van der Waals surface area contributed by atoms with Gasteiger partial charge in [0.1, 0.15) is 5.82 Å². The van der Waals surface area contributed by atoms with Gasteiger partial charge in [0.15, 0.2) is 0 Å². The fraction of sp³-hybridized carbons (Fsp3) is 0.643. The first-order chi connectivity index (χ1) is 7.98. The summed E-state index contributed by atoms with van der Waals surface area (Å²) in [7, 11) is 0. The molecule has 1 aromatic rings. The molecule has 3 rings (SSSR count). The van der Waals surface area contributed by atoms with E-state index in [9.17, 15) is 0 Å². The molecular weight excluding hydrogens is 210 g/mol. The number of rotatable bonds is 0. The lowest BCUT2D eigenvalue weighted by Crippen LogP contribution is -2.35. The van der Waals surface area contributed by atoms with Crippen LogP contribution in [0.25, 0.3) is 0 Å². The van der Waals surface area contributed by atoms with Crippen molar-refractivity contribution < 1.29 is 0 Å². The van der Waals surface area contributed by atoms with E-state index in [1.165, 1.54) is 5.56 Å². The second-order valence-corrected chi connectivity index (χ2v) is 6.44. The monoisotopic (exact) mass is 231 g/mol. The minimum Gasteiger partial charge on any atom is -0.354 e. The van der Waals surface area contributed by atoms with E-state index in [0.717, 1.165) is 5.82 Å². The molecule has 0 saturated carbocycles. The first-order valence-corrected chi connectivity index (χ1v) is 6.46. The molecular formula is C14H21N3. The summed E-state index contributed by atoms with van der Waals surface area (Å²) in [5, 5.41) is 7.17. The van der Waals surface area contributed by atoms with Crippen LogP contribution in [0.2, 0.25) is 0 Å². The van der Waals surface area contributed by atoms with Crippen LogP contribution in [0.4, 0.5) is 5.82 Å². The molecule has 17 heavy (non-hydrogen) atoms. The lowest BCUT2D eigenvalue weighted by atomic mass is 9.70. The number of hydrogen-bond donors (Lipinski definition) is 2. The van der Waals surface area contributed by atoms with Crippen LogP contribution >= 0.6 is 0 Å². The highest BCUT2D eigenvalue weighted by Crippen LogP contribution is 2.50. The standard InChI is InChI=1S/C14H21N3/c1-8-11(14(2,3)4)10-9-6-5-7-15-12(9)17-13(10)16-8/h5-8,10-11,13,16H,1-4H3,(H,15,17). The normalized spacial score (nSPS) is 35.3. The predicted octanol–water partition coefficient (Wildman–Crippen LogP) is 2.57. The van der Waals surface area contributed by atoms with Crippen molar-refractivity contribution in [2.24, 2.45) is 11.3 Å².